The van der Waals surface area contributed by atoms with Crippen molar-refractivity contribution in [1.29, 1.82) is 0 Å². The van der Waals surface area contributed by atoms with Gasteiger partial charge in [0.2, 0.25) is 5.13 Å². The average molecular weight is 548 g/mol. The molecule has 9 heteroatoms. The lowest BCUT2D eigenvalue weighted by atomic mass is 10.1. The number of hydrogen-bond acceptors (Lipinski definition) is 7. The van der Waals surface area contributed by atoms with Gasteiger partial charge < -0.3 is 9.47 Å². The van der Waals surface area contributed by atoms with Crippen LogP contribution in [0.25, 0.3) is 6.08 Å². The van der Waals surface area contributed by atoms with E-state index < -0.39 is 0 Å². The van der Waals surface area contributed by atoms with Gasteiger partial charge in [0.25, 0.3) is 5.91 Å². The van der Waals surface area contributed by atoms with Gasteiger partial charge in [-0.2, -0.15) is 4.99 Å². The lowest BCUT2D eigenvalue weighted by Gasteiger charge is -2.15. The van der Waals surface area contributed by atoms with Crippen LogP contribution in [-0.2, 0) is 11.4 Å². The third-order valence-corrected chi connectivity index (χ3v) is 7.19. The molecule has 0 unspecified atom stereocenters. The highest BCUT2D eigenvalue weighted by atomic mass is 35.5. The molecule has 6 nitrogen and oxygen atoms in total. The first-order valence-electron chi connectivity index (χ1n) is 11.5. The molecule has 0 aliphatic carbocycles. The third-order valence-electron chi connectivity index (χ3n) is 5.30. The van der Waals surface area contributed by atoms with Crippen LogP contribution in [0.5, 0.6) is 11.5 Å². The highest BCUT2D eigenvalue weighted by Crippen LogP contribution is 2.38. The van der Waals surface area contributed by atoms with Gasteiger partial charge in [0.05, 0.1) is 17.2 Å². The molecule has 1 aromatic heterocycles. The second-order valence-corrected chi connectivity index (χ2v) is 10.2. The maximum Gasteiger partial charge on any atom is 0.271 e. The lowest BCUT2D eigenvalue weighted by molar-refractivity contribution is -0.113. The fourth-order valence-corrected chi connectivity index (χ4v) is 5.27. The van der Waals surface area contributed by atoms with Gasteiger partial charge in [-0.1, -0.05) is 48.0 Å². The Morgan fingerprint density at radius 1 is 1.03 bits per heavy atom. The Labute approximate surface area is 228 Å². The van der Waals surface area contributed by atoms with Crippen LogP contribution in [0.2, 0.25) is 5.02 Å². The van der Waals surface area contributed by atoms with E-state index in [4.69, 9.17) is 21.1 Å². The number of amidine groups is 1. The molecule has 37 heavy (non-hydrogen) atoms. The first-order chi connectivity index (χ1) is 18.1. The van der Waals surface area contributed by atoms with E-state index in [1.54, 1.807) is 11.1 Å². The van der Waals surface area contributed by atoms with Crippen LogP contribution < -0.4 is 14.4 Å². The number of hydrogen-bond donors (Lipinski definition) is 0. The number of benzene rings is 3. The number of halogens is 1. The SMILES string of the molecule is CCOc1cc(/C=C2\S/C(=N/c3nccs3)N(c3ccccc3)C2=O)ccc1OCc1ccc(Cl)cc1. The number of aliphatic imine (C=N–C) groups is 1. The van der Waals surface area contributed by atoms with Gasteiger partial charge in [0.1, 0.15) is 6.61 Å². The van der Waals surface area contributed by atoms with E-state index >= 15 is 0 Å². The number of para-hydroxylation sites is 1. The summed E-state index contributed by atoms with van der Waals surface area (Å²) in [5.41, 5.74) is 2.57. The number of thiazole rings is 1. The predicted octanol–water partition coefficient (Wildman–Crippen LogP) is 7.58. The van der Waals surface area contributed by atoms with E-state index in [-0.39, 0.29) is 5.91 Å². The minimum absolute atomic E-state index is 0.146. The Bertz CT molecular complexity index is 1440. The zero-order valence-electron chi connectivity index (χ0n) is 19.8. The minimum atomic E-state index is -0.146. The molecule has 4 aromatic rings. The Morgan fingerprint density at radius 3 is 2.57 bits per heavy atom. The van der Waals surface area contributed by atoms with Gasteiger partial charge in [0, 0.05) is 16.6 Å². The molecular formula is C28H22ClN3O3S2. The molecule has 0 bridgehead atoms. The number of anilines is 1. The number of amides is 1. The molecule has 0 N–H and O–H groups in total. The number of carbonyl (C=O) groups excluding carboxylic acids is 1. The molecule has 1 aliphatic heterocycles. The van der Waals surface area contributed by atoms with Crippen LogP contribution in [0, 0.1) is 0 Å². The van der Waals surface area contributed by atoms with Crippen LogP contribution >= 0.6 is 34.7 Å². The molecule has 1 amide bonds. The summed E-state index contributed by atoms with van der Waals surface area (Å²) < 4.78 is 11.9. The summed E-state index contributed by atoms with van der Waals surface area (Å²) in [7, 11) is 0. The zero-order valence-corrected chi connectivity index (χ0v) is 22.2. The smallest absolute Gasteiger partial charge is 0.271 e. The Hall–Kier alpha value is -3.59. The zero-order chi connectivity index (χ0) is 25.6. The standard InChI is InChI=1S/C28H22ClN3O3S2/c1-2-34-24-16-20(10-13-23(24)35-18-19-8-11-21(29)12-9-19)17-25-26(33)32(22-6-4-3-5-7-22)28(37-25)31-27-30-14-15-36-27/h3-17H,2,18H2,1H3/b25-17-,31-28+. The van der Waals surface area contributed by atoms with Crippen LogP contribution in [0.15, 0.2) is 94.3 Å². The maximum absolute atomic E-state index is 13.5. The van der Waals surface area contributed by atoms with Crippen molar-refractivity contribution in [1.82, 2.24) is 4.98 Å². The van der Waals surface area contributed by atoms with Crippen LogP contribution in [-0.4, -0.2) is 22.7 Å². The number of carbonyl (C=O) groups is 1. The normalized spacial score (nSPS) is 15.5. The highest BCUT2D eigenvalue weighted by molar-refractivity contribution is 8.19. The monoisotopic (exact) mass is 547 g/mol. The van der Waals surface area contributed by atoms with Crippen molar-refractivity contribution in [2.24, 2.45) is 4.99 Å². The first-order valence-corrected chi connectivity index (χ1v) is 13.6. The second-order valence-electron chi connectivity index (χ2n) is 7.85. The van der Waals surface area contributed by atoms with E-state index in [0.29, 0.717) is 44.9 Å². The summed E-state index contributed by atoms with van der Waals surface area (Å²) in [5.74, 6) is 1.09. The number of nitrogens with zero attached hydrogens (tertiary/aromatic N) is 3. The summed E-state index contributed by atoms with van der Waals surface area (Å²) in [6.07, 6.45) is 3.54. The van der Waals surface area contributed by atoms with Crippen LogP contribution in [0.3, 0.4) is 0 Å². The Kier molecular flexibility index (Phi) is 7.89. The minimum Gasteiger partial charge on any atom is -0.490 e. The quantitative estimate of drug-likeness (QED) is 0.213. The molecule has 1 saturated heterocycles. The molecule has 0 saturated carbocycles. The van der Waals surface area contributed by atoms with Gasteiger partial charge in [-0.05, 0) is 72.3 Å². The molecular weight excluding hydrogens is 526 g/mol. The second kappa shape index (κ2) is 11.6. The molecule has 0 atom stereocenters. The average Bonchev–Trinajstić information content (AvgIpc) is 3.53. The predicted molar refractivity (Wildman–Crippen MR) is 152 cm³/mol. The first kappa shape index (κ1) is 25.1. The molecule has 0 spiro atoms. The van der Waals surface area contributed by atoms with Crippen molar-refractivity contribution in [2.45, 2.75) is 13.5 Å². The number of thioether (sulfide) groups is 1. The van der Waals surface area contributed by atoms with Gasteiger partial charge in [-0.3, -0.25) is 9.69 Å². The summed E-state index contributed by atoms with van der Waals surface area (Å²) in [6.45, 7) is 2.79. The molecule has 5 rings (SSSR count). The molecule has 1 fully saturated rings. The number of aromatic nitrogens is 1. The fourth-order valence-electron chi connectivity index (χ4n) is 3.60. The van der Waals surface area contributed by atoms with Crippen LogP contribution in [0.1, 0.15) is 18.1 Å². The van der Waals surface area contributed by atoms with E-state index in [0.717, 1.165) is 16.8 Å². The summed E-state index contributed by atoms with van der Waals surface area (Å²) in [6, 6.07) is 22.6. The van der Waals surface area contributed by atoms with Crippen LogP contribution in [0.4, 0.5) is 10.8 Å². The van der Waals surface area contributed by atoms with Crippen molar-refractivity contribution in [3.05, 3.63) is 105 Å². The largest absolute Gasteiger partial charge is 0.490 e. The molecule has 2 heterocycles. The highest BCUT2D eigenvalue weighted by Gasteiger charge is 2.35. The van der Waals surface area contributed by atoms with Crippen molar-refractivity contribution in [3.63, 3.8) is 0 Å². The molecule has 3 aromatic carbocycles. The molecule has 1 aliphatic rings. The van der Waals surface area contributed by atoms with E-state index in [9.17, 15) is 4.79 Å². The van der Waals surface area contributed by atoms with Gasteiger partial charge in [0.15, 0.2) is 16.7 Å². The van der Waals surface area contributed by atoms with Crippen molar-refractivity contribution >= 4 is 62.7 Å². The third kappa shape index (κ3) is 6.05. The summed E-state index contributed by atoms with van der Waals surface area (Å²) >= 11 is 8.71. The van der Waals surface area contributed by atoms with E-state index in [1.807, 2.05) is 91.2 Å². The Morgan fingerprint density at radius 2 is 1.84 bits per heavy atom. The van der Waals surface area contributed by atoms with Gasteiger partial charge >= 0.3 is 0 Å². The number of ether oxygens (including phenoxy) is 2. The van der Waals surface area contributed by atoms with Gasteiger partial charge in [-0.15, -0.1) is 11.3 Å². The van der Waals surface area contributed by atoms with Crippen molar-refractivity contribution in [2.75, 3.05) is 11.5 Å². The topological polar surface area (TPSA) is 64.0 Å². The van der Waals surface area contributed by atoms with Crippen molar-refractivity contribution < 1.29 is 14.3 Å². The summed E-state index contributed by atoms with van der Waals surface area (Å²) in [5, 5.41) is 3.70. The summed E-state index contributed by atoms with van der Waals surface area (Å²) in [4.78, 5) is 24.5. The number of rotatable bonds is 8. The van der Waals surface area contributed by atoms with Gasteiger partial charge in [-0.25, -0.2) is 4.98 Å². The van der Waals surface area contributed by atoms with Crippen molar-refractivity contribution in [3.8, 4) is 11.5 Å². The maximum atomic E-state index is 13.5. The molecule has 0 radical (unpaired) electrons. The fraction of sp³-hybridized carbons (Fsp3) is 0.107. The van der Waals surface area contributed by atoms with E-state index in [2.05, 4.69) is 9.98 Å². The van der Waals surface area contributed by atoms with E-state index in [1.165, 1.54) is 23.1 Å². The lowest BCUT2D eigenvalue weighted by Crippen LogP contribution is -2.28. The Balaban J connectivity index is 1.42. The molecule has 186 valence electrons.